The van der Waals surface area contributed by atoms with E-state index in [2.05, 4.69) is 16.7 Å². The summed E-state index contributed by atoms with van der Waals surface area (Å²) < 4.78 is 0. The number of benzene rings is 1. The number of carbonyl (C=O) groups excluding carboxylic acids is 3. The van der Waals surface area contributed by atoms with Gasteiger partial charge < -0.3 is 21.3 Å². The number of hydrogen-bond acceptors (Lipinski definition) is 4. The van der Waals surface area contributed by atoms with Crippen LogP contribution in [0.25, 0.3) is 0 Å². The standard InChI is InChI=1S/C18H26N4O3.ClH/c1-12(2)17(19)18(25)21-9-15(23)20-10-16(24)22-8-7-13-5-3-4-6-14(13)11-22;/h3-6,12,17H,7-11,19H2,1-2H3,(H,20,23)(H,21,25);1H/t17-;/m0./s1. The number of rotatable bonds is 6. The predicted octanol–water partition coefficient (Wildman–Crippen LogP) is 0.209. The summed E-state index contributed by atoms with van der Waals surface area (Å²) in [7, 11) is 0. The molecule has 1 aromatic carbocycles. The SMILES string of the molecule is CC(C)[C@H](N)C(=O)NCC(=O)NCC(=O)N1CCc2ccccc2C1.Cl. The normalized spacial score (nSPS) is 14.1. The molecule has 0 spiro atoms. The van der Waals surface area contributed by atoms with Gasteiger partial charge in [-0.25, -0.2) is 0 Å². The van der Waals surface area contributed by atoms with Crippen molar-refractivity contribution in [3.8, 4) is 0 Å². The van der Waals surface area contributed by atoms with Crippen molar-refractivity contribution in [1.82, 2.24) is 15.5 Å². The molecule has 2 rings (SSSR count). The Kier molecular flexibility index (Phi) is 8.54. The highest BCUT2D eigenvalue weighted by Gasteiger charge is 2.21. The predicted molar refractivity (Wildman–Crippen MR) is 102 cm³/mol. The molecule has 0 saturated carbocycles. The Balaban J connectivity index is 0.00000338. The van der Waals surface area contributed by atoms with Crippen LogP contribution in [0, 0.1) is 5.92 Å². The molecular formula is C18H27ClN4O3. The Morgan fingerprint density at radius 2 is 1.77 bits per heavy atom. The van der Waals surface area contributed by atoms with E-state index in [-0.39, 0.29) is 43.2 Å². The molecule has 0 saturated heterocycles. The van der Waals surface area contributed by atoms with Crippen LogP contribution in [0.2, 0.25) is 0 Å². The Morgan fingerprint density at radius 1 is 1.12 bits per heavy atom. The molecule has 1 aliphatic heterocycles. The maximum atomic E-state index is 12.3. The zero-order chi connectivity index (χ0) is 18.4. The van der Waals surface area contributed by atoms with E-state index in [0.29, 0.717) is 13.1 Å². The van der Waals surface area contributed by atoms with Gasteiger partial charge in [-0.15, -0.1) is 12.4 Å². The molecule has 26 heavy (non-hydrogen) atoms. The fourth-order valence-corrected chi connectivity index (χ4v) is 2.65. The van der Waals surface area contributed by atoms with Gasteiger partial charge in [0.05, 0.1) is 19.1 Å². The van der Waals surface area contributed by atoms with Crippen molar-refractivity contribution in [3.05, 3.63) is 35.4 Å². The molecule has 7 nitrogen and oxygen atoms in total. The number of nitrogens with zero attached hydrogens (tertiary/aromatic N) is 1. The van der Waals surface area contributed by atoms with Gasteiger partial charge in [0.2, 0.25) is 17.7 Å². The molecule has 1 atom stereocenters. The molecule has 1 heterocycles. The average molecular weight is 383 g/mol. The second-order valence-corrected chi connectivity index (χ2v) is 6.60. The molecule has 0 aromatic heterocycles. The van der Waals surface area contributed by atoms with Crippen LogP contribution >= 0.6 is 12.4 Å². The van der Waals surface area contributed by atoms with Gasteiger partial charge in [-0.3, -0.25) is 14.4 Å². The third kappa shape index (κ3) is 6.00. The second-order valence-electron chi connectivity index (χ2n) is 6.60. The minimum atomic E-state index is -0.650. The van der Waals surface area contributed by atoms with Gasteiger partial charge >= 0.3 is 0 Å². The Labute approximate surface area is 160 Å². The Bertz CT molecular complexity index is 651. The van der Waals surface area contributed by atoms with E-state index >= 15 is 0 Å². The fraction of sp³-hybridized carbons (Fsp3) is 0.500. The summed E-state index contributed by atoms with van der Waals surface area (Å²) in [5.74, 6) is -0.918. The smallest absolute Gasteiger partial charge is 0.242 e. The minimum Gasteiger partial charge on any atom is -0.346 e. The summed E-state index contributed by atoms with van der Waals surface area (Å²) in [6, 6.07) is 7.39. The highest BCUT2D eigenvalue weighted by atomic mass is 35.5. The molecule has 3 amide bonds. The summed E-state index contributed by atoms with van der Waals surface area (Å²) >= 11 is 0. The van der Waals surface area contributed by atoms with Crippen molar-refractivity contribution in [2.24, 2.45) is 11.7 Å². The van der Waals surface area contributed by atoms with E-state index in [4.69, 9.17) is 5.73 Å². The number of amides is 3. The maximum absolute atomic E-state index is 12.3. The van der Waals surface area contributed by atoms with Crippen molar-refractivity contribution < 1.29 is 14.4 Å². The Hall–Kier alpha value is -2.12. The van der Waals surface area contributed by atoms with E-state index in [9.17, 15) is 14.4 Å². The first-order valence-corrected chi connectivity index (χ1v) is 8.53. The molecule has 0 fully saturated rings. The van der Waals surface area contributed by atoms with Crippen molar-refractivity contribution in [1.29, 1.82) is 0 Å². The number of halogens is 1. The van der Waals surface area contributed by atoms with Crippen LogP contribution in [0.3, 0.4) is 0 Å². The van der Waals surface area contributed by atoms with Crippen molar-refractivity contribution in [3.63, 3.8) is 0 Å². The molecule has 0 radical (unpaired) electrons. The molecule has 1 aromatic rings. The average Bonchev–Trinajstić information content (AvgIpc) is 2.62. The van der Waals surface area contributed by atoms with E-state index in [0.717, 1.165) is 12.0 Å². The number of fused-ring (bicyclic) bond motifs is 1. The number of hydrogen-bond donors (Lipinski definition) is 3. The first kappa shape index (κ1) is 21.9. The summed E-state index contributed by atoms with van der Waals surface area (Å²) in [5.41, 5.74) is 8.11. The molecule has 4 N–H and O–H groups in total. The lowest BCUT2D eigenvalue weighted by atomic mass is 10.00. The molecule has 1 aliphatic rings. The Morgan fingerprint density at radius 3 is 2.42 bits per heavy atom. The monoisotopic (exact) mass is 382 g/mol. The number of carbonyl (C=O) groups is 3. The molecule has 0 unspecified atom stereocenters. The van der Waals surface area contributed by atoms with E-state index in [1.165, 1.54) is 5.56 Å². The summed E-state index contributed by atoms with van der Waals surface area (Å²) in [6.07, 6.45) is 0.818. The molecular weight excluding hydrogens is 356 g/mol. The largest absolute Gasteiger partial charge is 0.346 e. The number of nitrogens with one attached hydrogen (secondary N) is 2. The second kappa shape index (κ2) is 10.1. The van der Waals surface area contributed by atoms with Crippen molar-refractivity contribution in [2.75, 3.05) is 19.6 Å². The number of nitrogens with two attached hydrogens (primary N) is 1. The lowest BCUT2D eigenvalue weighted by Crippen LogP contribution is -2.48. The van der Waals surface area contributed by atoms with Gasteiger partial charge in [0.15, 0.2) is 0 Å². The van der Waals surface area contributed by atoms with Crippen LogP contribution < -0.4 is 16.4 Å². The lowest BCUT2D eigenvalue weighted by Gasteiger charge is -2.29. The topological polar surface area (TPSA) is 105 Å². The van der Waals surface area contributed by atoms with Crippen LogP contribution in [0.5, 0.6) is 0 Å². The summed E-state index contributed by atoms with van der Waals surface area (Å²) in [4.78, 5) is 37.5. The molecule has 0 aliphatic carbocycles. The quantitative estimate of drug-likeness (QED) is 0.654. The van der Waals surface area contributed by atoms with Crippen LogP contribution in [-0.4, -0.2) is 48.3 Å². The van der Waals surface area contributed by atoms with E-state index in [1.54, 1.807) is 4.90 Å². The zero-order valence-corrected chi connectivity index (χ0v) is 16.0. The summed E-state index contributed by atoms with van der Waals surface area (Å²) in [5, 5.41) is 5.02. The minimum absolute atomic E-state index is 0. The van der Waals surface area contributed by atoms with Crippen LogP contribution in [0.1, 0.15) is 25.0 Å². The molecule has 144 valence electrons. The molecule has 8 heteroatoms. The van der Waals surface area contributed by atoms with Gasteiger partial charge in [0.25, 0.3) is 0 Å². The first-order valence-electron chi connectivity index (χ1n) is 8.53. The van der Waals surface area contributed by atoms with Gasteiger partial charge in [-0.05, 0) is 23.5 Å². The van der Waals surface area contributed by atoms with Gasteiger partial charge in [-0.2, -0.15) is 0 Å². The molecule has 0 bridgehead atoms. The highest BCUT2D eigenvalue weighted by molar-refractivity contribution is 5.89. The third-order valence-corrected chi connectivity index (χ3v) is 4.36. The maximum Gasteiger partial charge on any atom is 0.242 e. The van der Waals surface area contributed by atoms with E-state index < -0.39 is 11.9 Å². The highest BCUT2D eigenvalue weighted by Crippen LogP contribution is 2.18. The first-order chi connectivity index (χ1) is 11.9. The lowest BCUT2D eigenvalue weighted by molar-refractivity contribution is -0.133. The van der Waals surface area contributed by atoms with Gasteiger partial charge in [0.1, 0.15) is 0 Å². The van der Waals surface area contributed by atoms with Gasteiger partial charge in [0, 0.05) is 13.1 Å². The van der Waals surface area contributed by atoms with Crippen molar-refractivity contribution in [2.45, 2.75) is 32.9 Å². The van der Waals surface area contributed by atoms with Crippen LogP contribution in [0.4, 0.5) is 0 Å². The van der Waals surface area contributed by atoms with Crippen LogP contribution in [-0.2, 0) is 27.3 Å². The van der Waals surface area contributed by atoms with Crippen LogP contribution in [0.15, 0.2) is 24.3 Å². The summed E-state index contributed by atoms with van der Waals surface area (Å²) in [6.45, 7) is 4.61. The zero-order valence-electron chi connectivity index (χ0n) is 15.2. The van der Waals surface area contributed by atoms with E-state index in [1.807, 2.05) is 32.0 Å². The third-order valence-electron chi connectivity index (χ3n) is 4.36. The van der Waals surface area contributed by atoms with Crippen molar-refractivity contribution >= 4 is 30.1 Å². The van der Waals surface area contributed by atoms with Gasteiger partial charge in [-0.1, -0.05) is 38.1 Å². The fourth-order valence-electron chi connectivity index (χ4n) is 2.65.